The fourth-order valence-corrected chi connectivity index (χ4v) is 2.11. The third kappa shape index (κ3) is 5.39. The lowest BCUT2D eigenvalue weighted by Crippen LogP contribution is -2.34. The molecular weight excluding hydrogens is 254 g/mol. The fraction of sp³-hybridized carbons (Fsp3) is 0.727. The number of likely N-dealkylation sites (tertiary alicyclic amines) is 1. The zero-order chi connectivity index (χ0) is 13.4. The van der Waals surface area contributed by atoms with E-state index in [9.17, 15) is 9.59 Å². The van der Waals surface area contributed by atoms with Crippen molar-refractivity contribution in [2.24, 2.45) is 10.7 Å². The van der Waals surface area contributed by atoms with Crippen LogP contribution in [0.15, 0.2) is 4.99 Å². The van der Waals surface area contributed by atoms with Gasteiger partial charge in [-0.25, -0.2) is 4.79 Å². The largest absolute Gasteiger partial charge is 0.465 e. The highest BCUT2D eigenvalue weighted by molar-refractivity contribution is 8.14. The summed E-state index contributed by atoms with van der Waals surface area (Å²) in [6, 6.07) is -0.316. The summed E-state index contributed by atoms with van der Waals surface area (Å²) in [7, 11) is 0. The smallest absolute Gasteiger partial charge is 0.345 e. The number of urea groups is 1. The Morgan fingerprint density at radius 1 is 1.33 bits per heavy atom. The SMILES string of the molecule is CCOC(=O)CS/C(N)=N/C(=O)N1CCCCC1. The van der Waals surface area contributed by atoms with Gasteiger partial charge in [-0.3, -0.25) is 4.79 Å². The molecule has 1 heterocycles. The molecule has 0 bridgehead atoms. The molecule has 0 radical (unpaired) electrons. The van der Waals surface area contributed by atoms with Gasteiger partial charge in [-0.15, -0.1) is 0 Å². The molecule has 1 fully saturated rings. The maximum atomic E-state index is 11.7. The van der Waals surface area contributed by atoms with E-state index in [4.69, 9.17) is 10.5 Å². The predicted octanol–water partition coefficient (Wildman–Crippen LogP) is 1.20. The predicted molar refractivity (Wildman–Crippen MR) is 71.5 cm³/mol. The van der Waals surface area contributed by atoms with E-state index in [-0.39, 0.29) is 22.9 Å². The van der Waals surface area contributed by atoms with Crippen molar-refractivity contribution in [3.05, 3.63) is 0 Å². The minimum Gasteiger partial charge on any atom is -0.465 e. The second kappa shape index (κ2) is 7.97. The number of carbonyl (C=O) groups excluding carboxylic acids is 2. The van der Waals surface area contributed by atoms with Crippen molar-refractivity contribution in [2.75, 3.05) is 25.4 Å². The van der Waals surface area contributed by atoms with Gasteiger partial charge in [-0.2, -0.15) is 4.99 Å². The molecule has 0 aromatic rings. The number of aliphatic imine (C=N–C) groups is 1. The lowest BCUT2D eigenvalue weighted by molar-refractivity contribution is -0.139. The number of rotatable bonds is 3. The molecule has 1 aliphatic rings. The molecule has 1 saturated heterocycles. The number of carbonyl (C=O) groups is 2. The third-order valence-electron chi connectivity index (χ3n) is 2.48. The summed E-state index contributed by atoms with van der Waals surface area (Å²) in [5, 5.41) is 0.110. The summed E-state index contributed by atoms with van der Waals surface area (Å²) in [6.45, 7) is 3.54. The molecule has 0 spiro atoms. The van der Waals surface area contributed by atoms with Crippen molar-refractivity contribution >= 4 is 28.9 Å². The van der Waals surface area contributed by atoms with Crippen molar-refractivity contribution < 1.29 is 14.3 Å². The van der Waals surface area contributed by atoms with Crippen molar-refractivity contribution in [2.45, 2.75) is 26.2 Å². The second-order valence-corrected chi connectivity index (χ2v) is 4.87. The van der Waals surface area contributed by atoms with Crippen LogP contribution in [-0.4, -0.2) is 47.5 Å². The summed E-state index contributed by atoms with van der Waals surface area (Å²) < 4.78 is 4.75. The summed E-state index contributed by atoms with van der Waals surface area (Å²) in [6.07, 6.45) is 3.18. The Labute approximate surface area is 111 Å². The topological polar surface area (TPSA) is 85.0 Å². The van der Waals surface area contributed by atoms with Crippen LogP contribution in [0, 0.1) is 0 Å². The van der Waals surface area contributed by atoms with E-state index in [1.165, 1.54) is 0 Å². The maximum Gasteiger partial charge on any atom is 0.345 e. The van der Waals surface area contributed by atoms with Gasteiger partial charge in [-0.05, 0) is 26.2 Å². The molecule has 0 saturated carbocycles. The normalized spacial score (nSPS) is 16.5. The second-order valence-electron chi connectivity index (χ2n) is 3.87. The number of thioether (sulfide) groups is 1. The van der Waals surface area contributed by atoms with Crippen LogP contribution >= 0.6 is 11.8 Å². The molecule has 0 aromatic carbocycles. The van der Waals surface area contributed by atoms with Crippen LogP contribution in [-0.2, 0) is 9.53 Å². The molecule has 6 nitrogen and oxygen atoms in total. The monoisotopic (exact) mass is 273 g/mol. The molecular formula is C11H19N3O3S. The number of amidine groups is 1. The first-order chi connectivity index (χ1) is 8.63. The number of ether oxygens (including phenoxy) is 1. The lowest BCUT2D eigenvalue weighted by atomic mass is 10.1. The van der Waals surface area contributed by atoms with Gasteiger partial charge in [-0.1, -0.05) is 11.8 Å². The van der Waals surface area contributed by atoms with Gasteiger partial charge in [0.25, 0.3) is 0 Å². The molecule has 2 N–H and O–H groups in total. The molecule has 1 aliphatic heterocycles. The van der Waals surface area contributed by atoms with E-state index < -0.39 is 0 Å². The van der Waals surface area contributed by atoms with Gasteiger partial charge in [0, 0.05) is 13.1 Å². The van der Waals surface area contributed by atoms with Crippen LogP contribution in [0.2, 0.25) is 0 Å². The Kier molecular flexibility index (Phi) is 6.56. The number of esters is 1. The van der Waals surface area contributed by atoms with Crippen LogP contribution in [0.4, 0.5) is 4.79 Å². The van der Waals surface area contributed by atoms with Gasteiger partial charge in [0.15, 0.2) is 5.17 Å². The van der Waals surface area contributed by atoms with Gasteiger partial charge in [0.05, 0.1) is 12.4 Å². The number of piperidine rings is 1. The van der Waals surface area contributed by atoms with Crippen LogP contribution in [0.3, 0.4) is 0 Å². The van der Waals surface area contributed by atoms with Crippen molar-refractivity contribution in [3.63, 3.8) is 0 Å². The van der Waals surface area contributed by atoms with Crippen molar-refractivity contribution in [1.82, 2.24) is 4.90 Å². The minimum absolute atomic E-state index is 0.0798. The Morgan fingerprint density at radius 2 is 2.00 bits per heavy atom. The summed E-state index contributed by atoms with van der Waals surface area (Å²) in [4.78, 5) is 28.2. The van der Waals surface area contributed by atoms with E-state index in [0.29, 0.717) is 6.61 Å². The summed E-state index contributed by atoms with van der Waals surface area (Å²) in [5.74, 6) is -0.276. The van der Waals surface area contributed by atoms with Crippen LogP contribution in [0.25, 0.3) is 0 Å². The van der Waals surface area contributed by atoms with E-state index in [1.54, 1.807) is 11.8 Å². The van der Waals surface area contributed by atoms with Crippen molar-refractivity contribution in [3.8, 4) is 0 Å². The zero-order valence-electron chi connectivity index (χ0n) is 10.6. The Balaban J connectivity index is 2.34. The molecule has 0 aliphatic carbocycles. The molecule has 0 atom stereocenters. The highest BCUT2D eigenvalue weighted by atomic mass is 32.2. The first kappa shape index (κ1) is 14.8. The third-order valence-corrected chi connectivity index (χ3v) is 3.24. The first-order valence-electron chi connectivity index (χ1n) is 6.05. The Morgan fingerprint density at radius 3 is 2.61 bits per heavy atom. The fourth-order valence-electron chi connectivity index (χ4n) is 1.62. The van der Waals surface area contributed by atoms with E-state index in [1.807, 2.05) is 0 Å². The van der Waals surface area contributed by atoms with Crippen molar-refractivity contribution in [1.29, 1.82) is 0 Å². The van der Waals surface area contributed by atoms with E-state index in [0.717, 1.165) is 44.1 Å². The highest BCUT2D eigenvalue weighted by Gasteiger charge is 2.16. The molecule has 7 heteroatoms. The zero-order valence-corrected chi connectivity index (χ0v) is 11.4. The van der Waals surface area contributed by atoms with E-state index >= 15 is 0 Å². The number of nitrogens with zero attached hydrogens (tertiary/aromatic N) is 2. The van der Waals surface area contributed by atoms with Crippen LogP contribution in [0.5, 0.6) is 0 Å². The van der Waals surface area contributed by atoms with Gasteiger partial charge in [0.2, 0.25) is 0 Å². The Bertz CT molecular complexity index is 327. The minimum atomic E-state index is -0.355. The number of nitrogens with two attached hydrogens (primary N) is 1. The summed E-state index contributed by atoms with van der Waals surface area (Å²) in [5.41, 5.74) is 5.58. The first-order valence-corrected chi connectivity index (χ1v) is 7.03. The molecule has 2 amide bonds. The number of hydrogen-bond acceptors (Lipinski definition) is 4. The average molecular weight is 273 g/mol. The molecule has 1 rings (SSSR count). The molecule has 0 aromatic heterocycles. The lowest BCUT2D eigenvalue weighted by Gasteiger charge is -2.24. The summed E-state index contributed by atoms with van der Waals surface area (Å²) >= 11 is 1.02. The molecule has 102 valence electrons. The Hall–Kier alpha value is -1.24. The van der Waals surface area contributed by atoms with Crippen LogP contribution in [0.1, 0.15) is 26.2 Å². The van der Waals surface area contributed by atoms with E-state index in [2.05, 4.69) is 4.99 Å². The molecule has 18 heavy (non-hydrogen) atoms. The highest BCUT2D eigenvalue weighted by Crippen LogP contribution is 2.10. The quantitative estimate of drug-likeness (QED) is 0.474. The van der Waals surface area contributed by atoms with Crippen LogP contribution < -0.4 is 5.73 Å². The number of hydrogen-bond donors (Lipinski definition) is 1. The van der Waals surface area contributed by atoms with Gasteiger partial charge < -0.3 is 15.4 Å². The maximum absolute atomic E-state index is 11.7. The standard InChI is InChI=1S/C11H19N3O3S/c1-2-17-9(15)8-18-10(12)13-11(16)14-6-4-3-5-7-14/h2-8H2,1H3,(H2,12,13,16). The average Bonchev–Trinajstić information content (AvgIpc) is 2.38. The number of amides is 2. The van der Waals surface area contributed by atoms with Gasteiger partial charge >= 0.3 is 12.0 Å². The molecule has 0 unspecified atom stereocenters. The van der Waals surface area contributed by atoms with Gasteiger partial charge in [0.1, 0.15) is 0 Å².